The molecule has 3 N–H and O–H groups in total. The lowest BCUT2D eigenvalue weighted by Gasteiger charge is -2.32. The summed E-state index contributed by atoms with van der Waals surface area (Å²) in [6.07, 6.45) is 12.4. The molecule has 3 nitrogen and oxygen atoms in total. The van der Waals surface area contributed by atoms with Crippen molar-refractivity contribution in [2.24, 2.45) is 0 Å². The molecule has 2 saturated carbocycles. The van der Waals surface area contributed by atoms with Crippen molar-refractivity contribution in [3.63, 3.8) is 0 Å². The van der Waals surface area contributed by atoms with Gasteiger partial charge >= 0.3 is 0 Å². The molecular formula is C35H44O3. The van der Waals surface area contributed by atoms with E-state index in [0.717, 1.165) is 38.9 Å². The number of hydrogen-bond donors (Lipinski definition) is 3. The number of phenolic OH excluding ortho intramolecular Hbond substituents is 3. The van der Waals surface area contributed by atoms with Gasteiger partial charge in [0.15, 0.2) is 0 Å². The van der Waals surface area contributed by atoms with Crippen LogP contribution in [0.15, 0.2) is 36.4 Å². The quantitative estimate of drug-likeness (QED) is 0.298. The molecule has 0 atom stereocenters. The second kappa shape index (κ2) is 11.0. The van der Waals surface area contributed by atoms with Crippen molar-refractivity contribution in [2.45, 2.75) is 110 Å². The van der Waals surface area contributed by atoms with Crippen LogP contribution in [0.4, 0.5) is 0 Å². The Morgan fingerprint density at radius 1 is 0.579 bits per heavy atom. The highest BCUT2D eigenvalue weighted by molar-refractivity contribution is 5.63. The minimum absolute atomic E-state index is 0.216. The first kappa shape index (κ1) is 26.7. The molecule has 3 aromatic carbocycles. The standard InChI is InChI=1S/C35H44O3/c1-21-19-29(37)33(23(3)31(21)25-11-7-5-8-12-25)35(27-15-17-28(36)18-16-27)34-24(4)32(22(2)20-30(34)38)26-13-9-6-10-14-26/h15-20,25-26,35-38H,5-14H2,1-4H3. The van der Waals surface area contributed by atoms with Gasteiger partial charge in [0, 0.05) is 17.0 Å². The molecule has 0 bridgehead atoms. The van der Waals surface area contributed by atoms with Crippen molar-refractivity contribution in [2.75, 3.05) is 0 Å². The van der Waals surface area contributed by atoms with E-state index in [2.05, 4.69) is 27.7 Å². The SMILES string of the molecule is Cc1cc(O)c(C(c2ccc(O)cc2)c2c(O)cc(C)c(C3CCCCC3)c2C)c(C)c1C1CCCCC1. The van der Waals surface area contributed by atoms with E-state index in [1.54, 1.807) is 12.1 Å². The molecule has 5 rings (SSSR count). The molecular weight excluding hydrogens is 468 g/mol. The normalized spacial score (nSPS) is 17.3. The van der Waals surface area contributed by atoms with Crippen molar-refractivity contribution in [1.82, 2.24) is 0 Å². The van der Waals surface area contributed by atoms with Gasteiger partial charge in [-0.1, -0.05) is 50.7 Å². The number of phenols is 3. The third kappa shape index (κ3) is 4.93. The Morgan fingerprint density at radius 3 is 1.37 bits per heavy atom. The van der Waals surface area contributed by atoms with Gasteiger partial charge < -0.3 is 15.3 Å². The van der Waals surface area contributed by atoms with Crippen molar-refractivity contribution < 1.29 is 15.3 Å². The third-order valence-corrected chi connectivity index (χ3v) is 9.55. The second-order valence-electron chi connectivity index (χ2n) is 12.0. The molecule has 0 saturated heterocycles. The van der Waals surface area contributed by atoms with Crippen LogP contribution in [-0.2, 0) is 0 Å². The predicted octanol–water partition coefficient (Wildman–Crippen LogP) is 9.31. The zero-order valence-electron chi connectivity index (χ0n) is 23.6. The summed E-state index contributed by atoms with van der Waals surface area (Å²) in [5.74, 6) is 1.48. The molecule has 0 aliphatic heterocycles. The van der Waals surface area contributed by atoms with Crippen LogP contribution >= 0.6 is 0 Å². The molecule has 2 aliphatic carbocycles. The number of benzene rings is 3. The fourth-order valence-corrected chi connectivity index (χ4v) is 7.90. The second-order valence-corrected chi connectivity index (χ2v) is 12.0. The van der Waals surface area contributed by atoms with Crippen LogP contribution in [0.2, 0.25) is 0 Å². The summed E-state index contributed by atoms with van der Waals surface area (Å²) in [6.45, 7) is 8.60. The lowest BCUT2D eigenvalue weighted by atomic mass is 9.72. The number of rotatable bonds is 5. The Labute approximate surface area is 228 Å². The highest BCUT2D eigenvalue weighted by Gasteiger charge is 2.32. The molecule has 38 heavy (non-hydrogen) atoms. The summed E-state index contributed by atoms with van der Waals surface area (Å²) in [4.78, 5) is 0. The summed E-state index contributed by atoms with van der Waals surface area (Å²) >= 11 is 0. The Bertz CT molecular complexity index is 1210. The van der Waals surface area contributed by atoms with Crippen molar-refractivity contribution in [3.8, 4) is 17.2 Å². The smallest absolute Gasteiger partial charge is 0.120 e. The van der Waals surface area contributed by atoms with E-state index in [4.69, 9.17) is 0 Å². The molecule has 0 spiro atoms. The summed E-state index contributed by atoms with van der Waals surface area (Å²) in [5.41, 5.74) is 10.1. The van der Waals surface area contributed by atoms with E-state index in [9.17, 15) is 15.3 Å². The van der Waals surface area contributed by atoms with Crippen molar-refractivity contribution in [1.29, 1.82) is 0 Å². The minimum Gasteiger partial charge on any atom is -0.508 e. The molecule has 0 heterocycles. The van der Waals surface area contributed by atoms with Crippen LogP contribution in [0, 0.1) is 27.7 Å². The minimum atomic E-state index is -0.332. The van der Waals surface area contributed by atoms with Gasteiger partial charge in [0.1, 0.15) is 17.2 Å². The molecule has 2 aliphatic rings. The summed E-state index contributed by atoms with van der Waals surface area (Å²) in [5, 5.41) is 33.2. The lowest BCUT2D eigenvalue weighted by Crippen LogP contribution is -2.16. The van der Waals surface area contributed by atoms with Crippen LogP contribution < -0.4 is 0 Å². The highest BCUT2D eigenvalue weighted by Crippen LogP contribution is 2.50. The maximum atomic E-state index is 11.6. The van der Waals surface area contributed by atoms with Gasteiger partial charge in [-0.05, 0) is 128 Å². The Hall–Kier alpha value is -2.94. The van der Waals surface area contributed by atoms with Crippen LogP contribution in [0.5, 0.6) is 17.2 Å². The Balaban J connectivity index is 1.76. The highest BCUT2D eigenvalue weighted by atomic mass is 16.3. The largest absolute Gasteiger partial charge is 0.508 e. The molecule has 0 radical (unpaired) electrons. The van der Waals surface area contributed by atoms with Gasteiger partial charge in [-0.15, -0.1) is 0 Å². The Morgan fingerprint density at radius 2 is 0.974 bits per heavy atom. The van der Waals surface area contributed by atoms with E-state index in [0.29, 0.717) is 11.8 Å². The van der Waals surface area contributed by atoms with Crippen molar-refractivity contribution >= 4 is 0 Å². The third-order valence-electron chi connectivity index (χ3n) is 9.55. The predicted molar refractivity (Wildman–Crippen MR) is 156 cm³/mol. The van der Waals surface area contributed by atoms with Crippen LogP contribution in [0.25, 0.3) is 0 Å². The number of aryl methyl sites for hydroxylation is 2. The number of aromatic hydroxyl groups is 3. The first-order valence-electron chi connectivity index (χ1n) is 14.7. The molecule has 202 valence electrons. The van der Waals surface area contributed by atoms with E-state index in [1.165, 1.54) is 75.3 Å². The van der Waals surface area contributed by atoms with Gasteiger partial charge in [0.25, 0.3) is 0 Å². The maximum absolute atomic E-state index is 11.6. The maximum Gasteiger partial charge on any atom is 0.120 e. The number of hydrogen-bond acceptors (Lipinski definition) is 3. The van der Waals surface area contributed by atoms with Gasteiger partial charge in [-0.2, -0.15) is 0 Å². The summed E-state index contributed by atoms with van der Waals surface area (Å²) in [6, 6.07) is 11.2. The molecule has 3 aromatic rings. The molecule has 0 unspecified atom stereocenters. The molecule has 3 heteroatoms. The van der Waals surface area contributed by atoms with Gasteiger partial charge in [-0.3, -0.25) is 0 Å². The summed E-state index contributed by atoms with van der Waals surface area (Å²) in [7, 11) is 0. The first-order chi connectivity index (χ1) is 18.3. The average molecular weight is 513 g/mol. The molecule has 0 aromatic heterocycles. The zero-order chi connectivity index (χ0) is 27.0. The van der Waals surface area contributed by atoms with Gasteiger partial charge in [0.05, 0.1) is 0 Å². The molecule has 2 fully saturated rings. The topological polar surface area (TPSA) is 60.7 Å². The van der Waals surface area contributed by atoms with E-state index >= 15 is 0 Å². The van der Waals surface area contributed by atoms with Crippen LogP contribution in [0.3, 0.4) is 0 Å². The van der Waals surface area contributed by atoms with Crippen LogP contribution in [0.1, 0.15) is 132 Å². The first-order valence-corrected chi connectivity index (χ1v) is 14.7. The van der Waals surface area contributed by atoms with E-state index < -0.39 is 0 Å². The summed E-state index contributed by atoms with van der Waals surface area (Å²) < 4.78 is 0. The van der Waals surface area contributed by atoms with Gasteiger partial charge in [0.2, 0.25) is 0 Å². The lowest BCUT2D eigenvalue weighted by molar-refractivity contribution is 0.434. The van der Waals surface area contributed by atoms with Gasteiger partial charge in [-0.25, -0.2) is 0 Å². The van der Waals surface area contributed by atoms with Crippen molar-refractivity contribution in [3.05, 3.63) is 86.5 Å². The average Bonchev–Trinajstić information content (AvgIpc) is 2.89. The fourth-order valence-electron chi connectivity index (χ4n) is 7.90. The van der Waals surface area contributed by atoms with Crippen LogP contribution in [-0.4, -0.2) is 15.3 Å². The van der Waals surface area contributed by atoms with E-state index in [-0.39, 0.29) is 23.2 Å². The Kier molecular flexibility index (Phi) is 7.75. The monoisotopic (exact) mass is 512 g/mol. The van der Waals surface area contributed by atoms with E-state index in [1.807, 2.05) is 24.3 Å². The molecule has 0 amide bonds. The zero-order valence-corrected chi connectivity index (χ0v) is 23.6. The fraction of sp³-hybridized carbons (Fsp3) is 0.486.